The van der Waals surface area contributed by atoms with Crippen LogP contribution < -0.4 is 10.2 Å². The predicted octanol–water partition coefficient (Wildman–Crippen LogP) is 4.29. The monoisotopic (exact) mass is 411 g/mol. The van der Waals surface area contributed by atoms with E-state index in [1.54, 1.807) is 17.0 Å². The maximum Gasteiger partial charge on any atom is 0.321 e. The van der Waals surface area contributed by atoms with Gasteiger partial charge < -0.3 is 15.1 Å². The van der Waals surface area contributed by atoms with Gasteiger partial charge in [-0.25, -0.2) is 9.18 Å². The Kier molecular flexibility index (Phi) is 5.57. The van der Waals surface area contributed by atoms with E-state index in [-0.39, 0.29) is 11.8 Å². The van der Waals surface area contributed by atoms with E-state index in [0.29, 0.717) is 36.9 Å². The number of piperazine rings is 1. The third kappa shape index (κ3) is 4.46. The summed E-state index contributed by atoms with van der Waals surface area (Å²) in [7, 11) is 0. The van der Waals surface area contributed by atoms with Gasteiger partial charge in [0.1, 0.15) is 5.82 Å². The second-order valence-electron chi connectivity index (χ2n) is 6.67. The minimum absolute atomic E-state index is 0.198. The third-order valence-electron chi connectivity index (χ3n) is 4.79. The zero-order valence-electron chi connectivity index (χ0n) is 15.6. The van der Waals surface area contributed by atoms with Gasteiger partial charge in [-0.05, 0) is 42.5 Å². The summed E-state index contributed by atoms with van der Waals surface area (Å²) in [5, 5.41) is 12.1. The Morgan fingerprint density at radius 1 is 0.931 bits per heavy atom. The van der Waals surface area contributed by atoms with Crippen LogP contribution >= 0.6 is 11.6 Å². The molecule has 29 heavy (non-hydrogen) atoms. The molecule has 4 rings (SSSR count). The lowest BCUT2D eigenvalue weighted by Crippen LogP contribution is -2.50. The van der Waals surface area contributed by atoms with E-state index in [9.17, 15) is 9.18 Å². The third-order valence-corrected chi connectivity index (χ3v) is 5.12. The van der Waals surface area contributed by atoms with Crippen LogP contribution in [0.15, 0.2) is 60.7 Å². The largest absolute Gasteiger partial charge is 0.352 e. The van der Waals surface area contributed by atoms with Crippen molar-refractivity contribution in [2.75, 3.05) is 36.4 Å². The number of amides is 2. The van der Waals surface area contributed by atoms with Crippen molar-refractivity contribution in [3.63, 3.8) is 0 Å². The highest BCUT2D eigenvalue weighted by atomic mass is 35.5. The molecule has 1 aliphatic rings. The smallest absolute Gasteiger partial charge is 0.321 e. The molecule has 2 amide bonds. The number of hydrogen-bond donors (Lipinski definition) is 1. The number of anilines is 2. The first kappa shape index (κ1) is 19.1. The maximum atomic E-state index is 13.0. The number of benzene rings is 2. The quantitative estimate of drug-likeness (QED) is 0.698. The average Bonchev–Trinajstić information content (AvgIpc) is 2.76. The molecule has 8 heteroatoms. The zero-order chi connectivity index (χ0) is 20.2. The van der Waals surface area contributed by atoms with Gasteiger partial charge in [-0.3, -0.25) is 0 Å². The molecule has 1 N–H and O–H groups in total. The molecule has 2 heterocycles. The van der Waals surface area contributed by atoms with Crippen LogP contribution in [0.1, 0.15) is 0 Å². The van der Waals surface area contributed by atoms with Crippen molar-refractivity contribution in [1.29, 1.82) is 0 Å². The summed E-state index contributed by atoms with van der Waals surface area (Å²) in [6, 6.07) is 16.9. The van der Waals surface area contributed by atoms with Gasteiger partial charge >= 0.3 is 6.03 Å². The van der Waals surface area contributed by atoms with Gasteiger partial charge in [-0.1, -0.05) is 29.8 Å². The molecule has 2 aromatic carbocycles. The number of rotatable bonds is 3. The Hall–Kier alpha value is -3.19. The predicted molar refractivity (Wildman–Crippen MR) is 112 cm³/mol. The lowest BCUT2D eigenvalue weighted by molar-refractivity contribution is 0.208. The molecule has 0 atom stereocenters. The van der Waals surface area contributed by atoms with Crippen LogP contribution in [0, 0.1) is 5.82 Å². The number of carbonyl (C=O) groups excluding carboxylic acids is 1. The topological polar surface area (TPSA) is 61.4 Å². The van der Waals surface area contributed by atoms with Crippen molar-refractivity contribution in [3.05, 3.63) is 71.5 Å². The average molecular weight is 412 g/mol. The number of urea groups is 1. The molecule has 1 fully saturated rings. The molecule has 0 bridgehead atoms. The van der Waals surface area contributed by atoms with E-state index in [4.69, 9.17) is 11.6 Å². The highest BCUT2D eigenvalue weighted by Crippen LogP contribution is 2.26. The Balaban J connectivity index is 1.35. The van der Waals surface area contributed by atoms with Crippen molar-refractivity contribution in [1.82, 2.24) is 15.1 Å². The SMILES string of the molecule is O=C(Nc1ccc(F)cc1)N1CCN(c2ccc(-c3ccccc3Cl)nn2)CC1. The lowest BCUT2D eigenvalue weighted by Gasteiger charge is -2.35. The Labute approximate surface area is 172 Å². The highest BCUT2D eigenvalue weighted by molar-refractivity contribution is 6.33. The highest BCUT2D eigenvalue weighted by Gasteiger charge is 2.22. The number of nitrogens with zero attached hydrogens (tertiary/aromatic N) is 4. The van der Waals surface area contributed by atoms with Crippen LogP contribution in [0.3, 0.4) is 0 Å². The van der Waals surface area contributed by atoms with Gasteiger partial charge in [-0.2, -0.15) is 0 Å². The molecule has 0 radical (unpaired) electrons. The molecule has 0 spiro atoms. The number of nitrogens with one attached hydrogen (secondary N) is 1. The molecule has 0 unspecified atom stereocenters. The first-order valence-electron chi connectivity index (χ1n) is 9.25. The van der Waals surface area contributed by atoms with Crippen molar-refractivity contribution < 1.29 is 9.18 Å². The van der Waals surface area contributed by atoms with Crippen LogP contribution in [-0.4, -0.2) is 47.3 Å². The number of halogens is 2. The first-order chi connectivity index (χ1) is 14.1. The maximum absolute atomic E-state index is 13.0. The van der Waals surface area contributed by atoms with Gasteiger partial charge in [0.05, 0.1) is 10.7 Å². The van der Waals surface area contributed by atoms with Crippen LogP contribution in [0.25, 0.3) is 11.3 Å². The summed E-state index contributed by atoms with van der Waals surface area (Å²) in [4.78, 5) is 16.2. The second-order valence-corrected chi connectivity index (χ2v) is 7.07. The van der Waals surface area contributed by atoms with E-state index in [1.807, 2.05) is 36.4 Å². The first-order valence-corrected chi connectivity index (χ1v) is 9.63. The van der Waals surface area contributed by atoms with Crippen molar-refractivity contribution in [2.45, 2.75) is 0 Å². The fourth-order valence-electron chi connectivity index (χ4n) is 3.18. The molecule has 6 nitrogen and oxygen atoms in total. The van der Waals surface area contributed by atoms with Crippen molar-refractivity contribution in [2.24, 2.45) is 0 Å². The van der Waals surface area contributed by atoms with Crippen LogP contribution in [0.5, 0.6) is 0 Å². The summed E-state index contributed by atoms with van der Waals surface area (Å²) in [6.45, 7) is 2.41. The Morgan fingerprint density at radius 2 is 1.66 bits per heavy atom. The van der Waals surface area contributed by atoms with Crippen LogP contribution in [-0.2, 0) is 0 Å². The summed E-state index contributed by atoms with van der Waals surface area (Å²) in [5.74, 6) is 0.428. The van der Waals surface area contributed by atoms with Gasteiger partial charge in [0.25, 0.3) is 0 Å². The van der Waals surface area contributed by atoms with Crippen molar-refractivity contribution in [3.8, 4) is 11.3 Å². The van der Waals surface area contributed by atoms with E-state index >= 15 is 0 Å². The molecule has 1 aliphatic heterocycles. The fourth-order valence-corrected chi connectivity index (χ4v) is 3.41. The molecule has 148 valence electrons. The summed E-state index contributed by atoms with van der Waals surface area (Å²) in [6.07, 6.45) is 0. The fraction of sp³-hybridized carbons (Fsp3) is 0.190. The van der Waals surface area contributed by atoms with Gasteiger partial charge in [0.2, 0.25) is 0 Å². The molecule has 0 saturated carbocycles. The summed E-state index contributed by atoms with van der Waals surface area (Å²) >= 11 is 6.22. The van der Waals surface area contributed by atoms with Crippen molar-refractivity contribution >= 4 is 29.1 Å². The standard InChI is InChI=1S/C21H19ClFN5O/c22-18-4-2-1-3-17(18)19-9-10-20(26-25-19)27-11-13-28(14-12-27)21(29)24-16-7-5-15(23)6-8-16/h1-10H,11-14H2,(H,24,29). The van der Waals surface area contributed by atoms with Crippen LogP contribution in [0.4, 0.5) is 20.7 Å². The minimum Gasteiger partial charge on any atom is -0.352 e. The Morgan fingerprint density at radius 3 is 2.31 bits per heavy atom. The van der Waals surface area contributed by atoms with Gasteiger partial charge in [0, 0.05) is 37.4 Å². The molecule has 1 saturated heterocycles. The van der Waals surface area contributed by atoms with E-state index in [1.165, 1.54) is 12.1 Å². The molecule has 3 aromatic rings. The van der Waals surface area contributed by atoms with E-state index in [0.717, 1.165) is 17.1 Å². The summed E-state index contributed by atoms with van der Waals surface area (Å²) < 4.78 is 13.0. The van der Waals surface area contributed by atoms with Gasteiger partial charge in [-0.15, -0.1) is 10.2 Å². The van der Waals surface area contributed by atoms with E-state index < -0.39 is 0 Å². The molecule has 0 aliphatic carbocycles. The number of carbonyl (C=O) groups is 1. The normalized spacial score (nSPS) is 14.0. The minimum atomic E-state index is -0.335. The number of aromatic nitrogens is 2. The molecular weight excluding hydrogens is 393 g/mol. The van der Waals surface area contributed by atoms with Crippen LogP contribution in [0.2, 0.25) is 5.02 Å². The van der Waals surface area contributed by atoms with Gasteiger partial charge in [0.15, 0.2) is 5.82 Å². The van der Waals surface area contributed by atoms with E-state index in [2.05, 4.69) is 20.4 Å². The lowest BCUT2D eigenvalue weighted by atomic mass is 10.1. The molecule has 1 aromatic heterocycles. The number of hydrogen-bond acceptors (Lipinski definition) is 4. The second kappa shape index (κ2) is 8.45. The zero-order valence-corrected chi connectivity index (χ0v) is 16.3. The molecular formula is C21H19ClFN5O. The Bertz CT molecular complexity index is 989. The summed E-state index contributed by atoms with van der Waals surface area (Å²) in [5.41, 5.74) is 2.13.